The molecule has 0 fully saturated rings. The van der Waals surface area contributed by atoms with Crippen molar-refractivity contribution in [3.63, 3.8) is 0 Å². The summed E-state index contributed by atoms with van der Waals surface area (Å²) in [5.41, 5.74) is 1.23. The molecule has 1 nitrogen and oxygen atoms in total. The first-order valence-corrected chi connectivity index (χ1v) is 3.48. The Labute approximate surface area is 57.4 Å². The van der Waals surface area contributed by atoms with E-state index in [1.165, 1.54) is 5.57 Å². The van der Waals surface area contributed by atoms with E-state index < -0.39 is 0 Å². The lowest BCUT2D eigenvalue weighted by atomic mass is 10.0. The topological polar surface area (TPSA) is 20.2 Å². The van der Waals surface area contributed by atoms with Crippen LogP contribution >= 0.6 is 0 Å². The molecule has 0 aliphatic carbocycles. The van der Waals surface area contributed by atoms with Crippen molar-refractivity contribution in [3.8, 4) is 0 Å². The molecule has 0 amide bonds. The molecule has 1 N–H and O–H groups in total. The molecule has 0 spiro atoms. The summed E-state index contributed by atoms with van der Waals surface area (Å²) in [6, 6.07) is 0. The van der Waals surface area contributed by atoms with Crippen molar-refractivity contribution in [3.05, 3.63) is 12.2 Å². The maximum Gasteiger partial charge on any atom is 0.0459 e. The monoisotopic (exact) mass is 128 g/mol. The number of hydrogen-bond acceptors (Lipinski definition) is 1. The molecule has 0 unspecified atom stereocenters. The van der Waals surface area contributed by atoms with Crippen molar-refractivity contribution < 1.29 is 5.11 Å². The maximum atomic E-state index is 8.64. The Kier molecular flexibility index (Phi) is 4.41. The van der Waals surface area contributed by atoms with Crippen LogP contribution in [-0.4, -0.2) is 11.7 Å². The van der Waals surface area contributed by atoms with Crippen molar-refractivity contribution >= 4 is 0 Å². The lowest BCUT2D eigenvalue weighted by Gasteiger charge is -2.07. The molecule has 1 atom stereocenters. The van der Waals surface area contributed by atoms with Crippen LogP contribution in [0.2, 0.25) is 0 Å². The minimum absolute atomic E-state index is 0.277. The van der Waals surface area contributed by atoms with Gasteiger partial charge in [0.15, 0.2) is 0 Å². The summed E-state index contributed by atoms with van der Waals surface area (Å²) in [5.74, 6) is 0.387. The Bertz CT molecular complexity index is 86.6. The quantitative estimate of drug-likeness (QED) is 0.574. The van der Waals surface area contributed by atoms with E-state index in [0.29, 0.717) is 5.92 Å². The van der Waals surface area contributed by atoms with Gasteiger partial charge in [-0.1, -0.05) is 26.0 Å². The summed E-state index contributed by atoms with van der Waals surface area (Å²) in [7, 11) is 0. The minimum Gasteiger partial charge on any atom is -0.396 e. The van der Waals surface area contributed by atoms with E-state index >= 15 is 0 Å². The highest BCUT2D eigenvalue weighted by molar-refractivity contribution is 4.93. The number of aliphatic hydroxyl groups is 1. The molecule has 0 aliphatic rings. The molecule has 0 rings (SSSR count). The smallest absolute Gasteiger partial charge is 0.0459 e. The van der Waals surface area contributed by atoms with Gasteiger partial charge >= 0.3 is 0 Å². The van der Waals surface area contributed by atoms with E-state index in [1.807, 2.05) is 6.92 Å². The lowest BCUT2D eigenvalue weighted by Crippen LogP contribution is -2.00. The van der Waals surface area contributed by atoms with Crippen LogP contribution in [0, 0.1) is 5.92 Å². The highest BCUT2D eigenvalue weighted by Gasteiger charge is 1.99. The second kappa shape index (κ2) is 4.57. The van der Waals surface area contributed by atoms with Gasteiger partial charge in [-0.3, -0.25) is 0 Å². The van der Waals surface area contributed by atoms with Gasteiger partial charge in [0.05, 0.1) is 0 Å². The molecule has 0 aromatic heterocycles. The first-order chi connectivity index (χ1) is 4.20. The van der Waals surface area contributed by atoms with Gasteiger partial charge in [0.2, 0.25) is 0 Å². The van der Waals surface area contributed by atoms with E-state index in [0.717, 1.165) is 12.8 Å². The Balaban J connectivity index is 3.34. The third kappa shape index (κ3) is 4.22. The van der Waals surface area contributed by atoms with Crippen molar-refractivity contribution in [1.82, 2.24) is 0 Å². The molecule has 0 saturated heterocycles. The van der Waals surface area contributed by atoms with Crippen LogP contribution in [0.3, 0.4) is 0 Å². The molecule has 54 valence electrons. The predicted octanol–water partition coefficient (Wildman–Crippen LogP) is 1.97. The summed E-state index contributed by atoms with van der Waals surface area (Å²) >= 11 is 0. The molecule has 0 aromatic carbocycles. The van der Waals surface area contributed by atoms with E-state index in [9.17, 15) is 0 Å². The van der Waals surface area contributed by atoms with Gasteiger partial charge in [0, 0.05) is 6.61 Å². The van der Waals surface area contributed by atoms with E-state index in [4.69, 9.17) is 5.11 Å². The van der Waals surface area contributed by atoms with Gasteiger partial charge in [0.1, 0.15) is 0 Å². The fourth-order valence-electron chi connectivity index (χ4n) is 0.702. The second-order valence-corrected chi connectivity index (χ2v) is 2.60. The van der Waals surface area contributed by atoms with Gasteiger partial charge in [-0.2, -0.15) is 0 Å². The molecule has 0 heterocycles. The summed E-state index contributed by atoms with van der Waals surface area (Å²) in [5, 5.41) is 8.64. The normalized spacial score (nSPS) is 13.2. The van der Waals surface area contributed by atoms with Crippen molar-refractivity contribution in [1.29, 1.82) is 0 Å². The Morgan fingerprint density at radius 1 is 1.67 bits per heavy atom. The van der Waals surface area contributed by atoms with Crippen LogP contribution in [0.15, 0.2) is 12.2 Å². The SMILES string of the molecule is C=C(CC)C[C@@H](C)CO. The Morgan fingerprint density at radius 3 is 2.56 bits per heavy atom. The second-order valence-electron chi connectivity index (χ2n) is 2.60. The van der Waals surface area contributed by atoms with Gasteiger partial charge in [-0.05, 0) is 18.8 Å². The molecule has 1 heteroatoms. The Hall–Kier alpha value is -0.300. The molecule has 0 radical (unpaired) electrons. The van der Waals surface area contributed by atoms with Gasteiger partial charge in [0.25, 0.3) is 0 Å². The number of aliphatic hydroxyl groups excluding tert-OH is 1. The van der Waals surface area contributed by atoms with Gasteiger partial charge in [-0.25, -0.2) is 0 Å². The standard InChI is InChI=1S/C8H16O/c1-4-7(2)5-8(3)6-9/h8-9H,2,4-6H2,1,3H3/t8-/m1/s1. The van der Waals surface area contributed by atoms with Crippen LogP contribution in [0.4, 0.5) is 0 Å². The third-order valence-electron chi connectivity index (χ3n) is 1.45. The molecule has 0 bridgehead atoms. The summed E-state index contributed by atoms with van der Waals surface area (Å²) < 4.78 is 0. The third-order valence-corrected chi connectivity index (χ3v) is 1.45. The fraction of sp³-hybridized carbons (Fsp3) is 0.750. The summed E-state index contributed by atoms with van der Waals surface area (Å²) in [4.78, 5) is 0. The van der Waals surface area contributed by atoms with Gasteiger partial charge < -0.3 is 5.11 Å². The van der Waals surface area contributed by atoms with Crippen LogP contribution in [0.5, 0.6) is 0 Å². The summed E-state index contributed by atoms with van der Waals surface area (Å²) in [6.45, 7) is 8.25. The average Bonchev–Trinajstić information content (AvgIpc) is 1.87. The Morgan fingerprint density at radius 2 is 2.22 bits per heavy atom. The minimum atomic E-state index is 0.277. The molecule has 0 saturated carbocycles. The maximum absolute atomic E-state index is 8.64. The molecule has 9 heavy (non-hydrogen) atoms. The number of hydrogen-bond donors (Lipinski definition) is 1. The fourth-order valence-corrected chi connectivity index (χ4v) is 0.702. The number of allylic oxidation sites excluding steroid dienone is 1. The first kappa shape index (κ1) is 8.70. The first-order valence-electron chi connectivity index (χ1n) is 3.48. The van der Waals surface area contributed by atoms with Crippen LogP contribution in [0.1, 0.15) is 26.7 Å². The van der Waals surface area contributed by atoms with Crippen molar-refractivity contribution in [2.24, 2.45) is 5.92 Å². The van der Waals surface area contributed by atoms with Crippen LogP contribution in [0.25, 0.3) is 0 Å². The summed E-state index contributed by atoms with van der Waals surface area (Å²) in [6.07, 6.45) is 2.00. The molecule has 0 aromatic rings. The molecular weight excluding hydrogens is 112 g/mol. The van der Waals surface area contributed by atoms with Gasteiger partial charge in [-0.15, -0.1) is 0 Å². The molecule has 0 aliphatic heterocycles. The highest BCUT2D eigenvalue weighted by atomic mass is 16.3. The highest BCUT2D eigenvalue weighted by Crippen LogP contribution is 2.10. The van der Waals surface area contributed by atoms with Crippen LogP contribution < -0.4 is 0 Å². The zero-order valence-corrected chi connectivity index (χ0v) is 6.35. The van der Waals surface area contributed by atoms with E-state index in [1.54, 1.807) is 0 Å². The largest absolute Gasteiger partial charge is 0.396 e. The van der Waals surface area contributed by atoms with E-state index in [2.05, 4.69) is 13.5 Å². The van der Waals surface area contributed by atoms with Crippen LogP contribution in [-0.2, 0) is 0 Å². The lowest BCUT2D eigenvalue weighted by molar-refractivity contribution is 0.236. The van der Waals surface area contributed by atoms with E-state index in [-0.39, 0.29) is 6.61 Å². The van der Waals surface area contributed by atoms with Crippen molar-refractivity contribution in [2.45, 2.75) is 26.7 Å². The average molecular weight is 128 g/mol. The molecular formula is C8H16O. The zero-order chi connectivity index (χ0) is 7.28. The van der Waals surface area contributed by atoms with Crippen molar-refractivity contribution in [2.75, 3.05) is 6.61 Å². The number of rotatable bonds is 4. The zero-order valence-electron chi connectivity index (χ0n) is 6.35. The predicted molar refractivity (Wildman–Crippen MR) is 40.3 cm³/mol.